The van der Waals surface area contributed by atoms with Crippen molar-refractivity contribution in [2.24, 2.45) is 0 Å². The number of pyridine rings is 1. The van der Waals surface area contributed by atoms with E-state index in [0.717, 1.165) is 0 Å². The third-order valence-electron chi connectivity index (χ3n) is 4.98. The van der Waals surface area contributed by atoms with Gasteiger partial charge in [0.15, 0.2) is 20.7 Å². The predicted molar refractivity (Wildman–Crippen MR) is 112 cm³/mol. The van der Waals surface area contributed by atoms with Crippen molar-refractivity contribution >= 4 is 27.4 Å². The summed E-state index contributed by atoms with van der Waals surface area (Å²) in [5.41, 5.74) is 1.05. The number of amides is 1. The molecule has 0 aliphatic carbocycles. The van der Waals surface area contributed by atoms with Gasteiger partial charge in [-0.05, 0) is 19.1 Å². The first-order valence-electron chi connectivity index (χ1n) is 9.76. The molecule has 12 heteroatoms. The molecule has 2 N–H and O–H groups in total. The van der Waals surface area contributed by atoms with Crippen LogP contribution in [0.25, 0.3) is 0 Å². The van der Waals surface area contributed by atoms with Gasteiger partial charge in [-0.15, -0.1) is 0 Å². The second-order valence-corrected chi connectivity index (χ2v) is 9.18. The Morgan fingerprint density at radius 1 is 1.29 bits per heavy atom. The molecule has 0 unspecified atom stereocenters. The van der Waals surface area contributed by atoms with Crippen molar-refractivity contribution in [1.82, 2.24) is 19.9 Å². The number of rotatable bonds is 7. The van der Waals surface area contributed by atoms with Crippen LogP contribution in [0.1, 0.15) is 25.5 Å². The fraction of sp³-hybridized carbons (Fsp3) is 0.474. The van der Waals surface area contributed by atoms with Crippen LogP contribution in [0.5, 0.6) is 11.6 Å². The molecule has 0 saturated carbocycles. The van der Waals surface area contributed by atoms with Crippen molar-refractivity contribution in [3.8, 4) is 11.6 Å². The SMILES string of the molecule is CCS(=O)(=O)c1ccc(Nc2ncnc(OC3CCN(C(=O)O)CC3)c2OC)c(C)n1. The average Bonchev–Trinajstić information content (AvgIpc) is 2.75. The topological polar surface area (TPSA) is 144 Å². The summed E-state index contributed by atoms with van der Waals surface area (Å²) >= 11 is 0. The molecule has 1 aliphatic heterocycles. The minimum absolute atomic E-state index is 0.0180. The third-order valence-corrected chi connectivity index (χ3v) is 6.60. The van der Waals surface area contributed by atoms with Crippen LogP contribution >= 0.6 is 0 Å². The molecule has 2 aromatic rings. The number of likely N-dealkylation sites (tertiary alicyclic amines) is 1. The monoisotopic (exact) mass is 451 g/mol. The Morgan fingerprint density at radius 2 is 2.00 bits per heavy atom. The zero-order valence-corrected chi connectivity index (χ0v) is 18.3. The molecular formula is C19H25N5O6S. The van der Waals surface area contributed by atoms with Crippen LogP contribution in [0.15, 0.2) is 23.5 Å². The smallest absolute Gasteiger partial charge is 0.407 e. The van der Waals surface area contributed by atoms with Gasteiger partial charge in [-0.2, -0.15) is 4.98 Å². The Hall–Kier alpha value is -3.15. The maximum absolute atomic E-state index is 12.0. The highest BCUT2D eigenvalue weighted by molar-refractivity contribution is 7.91. The lowest BCUT2D eigenvalue weighted by molar-refractivity contribution is 0.0852. The minimum Gasteiger partial charge on any atom is -0.489 e. The van der Waals surface area contributed by atoms with Gasteiger partial charge < -0.3 is 24.8 Å². The number of hydrogen-bond donors (Lipinski definition) is 2. The van der Waals surface area contributed by atoms with E-state index in [1.54, 1.807) is 19.9 Å². The molecule has 11 nitrogen and oxygen atoms in total. The molecule has 0 bridgehead atoms. The largest absolute Gasteiger partial charge is 0.489 e. The van der Waals surface area contributed by atoms with Gasteiger partial charge in [0.1, 0.15) is 12.4 Å². The molecule has 168 valence electrons. The van der Waals surface area contributed by atoms with E-state index in [1.165, 1.54) is 24.4 Å². The maximum Gasteiger partial charge on any atom is 0.407 e. The molecule has 0 atom stereocenters. The predicted octanol–water partition coefficient (Wildman–Crippen LogP) is 2.25. The Kier molecular flexibility index (Phi) is 6.78. The van der Waals surface area contributed by atoms with Gasteiger partial charge in [-0.3, -0.25) is 0 Å². The van der Waals surface area contributed by atoms with E-state index in [2.05, 4.69) is 20.3 Å². The van der Waals surface area contributed by atoms with Crippen LogP contribution in [0.4, 0.5) is 16.3 Å². The number of aryl methyl sites for hydroxylation is 1. The molecule has 1 saturated heterocycles. The van der Waals surface area contributed by atoms with Crippen LogP contribution in [0.3, 0.4) is 0 Å². The molecule has 1 aliphatic rings. The maximum atomic E-state index is 12.0. The summed E-state index contributed by atoms with van der Waals surface area (Å²) in [7, 11) is -1.94. The molecule has 31 heavy (non-hydrogen) atoms. The summed E-state index contributed by atoms with van der Waals surface area (Å²) in [5.74, 6) is 0.835. The highest BCUT2D eigenvalue weighted by Gasteiger charge is 2.26. The zero-order chi connectivity index (χ0) is 22.6. The van der Waals surface area contributed by atoms with E-state index < -0.39 is 15.9 Å². The van der Waals surface area contributed by atoms with Crippen LogP contribution < -0.4 is 14.8 Å². The van der Waals surface area contributed by atoms with Crippen molar-refractivity contribution in [2.75, 3.05) is 31.3 Å². The van der Waals surface area contributed by atoms with E-state index in [-0.39, 0.29) is 28.5 Å². The number of hydrogen-bond acceptors (Lipinski definition) is 9. The average molecular weight is 452 g/mol. The number of carboxylic acid groups (broad SMARTS) is 1. The first kappa shape index (κ1) is 22.5. The molecule has 3 heterocycles. The molecule has 3 rings (SSSR count). The van der Waals surface area contributed by atoms with E-state index in [9.17, 15) is 13.2 Å². The number of aromatic nitrogens is 3. The van der Waals surface area contributed by atoms with Crippen molar-refractivity contribution in [3.05, 3.63) is 24.2 Å². The number of carbonyl (C=O) groups is 1. The van der Waals surface area contributed by atoms with Crippen molar-refractivity contribution in [1.29, 1.82) is 0 Å². The number of methoxy groups -OCH3 is 1. The molecule has 0 aromatic carbocycles. The Bertz CT molecular complexity index is 1050. The Labute approximate surface area is 180 Å². The fourth-order valence-electron chi connectivity index (χ4n) is 3.16. The number of sulfone groups is 1. The van der Waals surface area contributed by atoms with E-state index in [1.807, 2.05) is 0 Å². The number of nitrogens with zero attached hydrogens (tertiary/aromatic N) is 4. The summed E-state index contributed by atoms with van der Waals surface area (Å²) in [5, 5.41) is 12.2. The molecule has 0 spiro atoms. The number of anilines is 2. The quantitative estimate of drug-likeness (QED) is 0.643. The Balaban J connectivity index is 1.78. The van der Waals surface area contributed by atoms with Crippen LogP contribution in [-0.2, 0) is 9.84 Å². The highest BCUT2D eigenvalue weighted by Crippen LogP contribution is 2.35. The van der Waals surface area contributed by atoms with Gasteiger partial charge in [0.05, 0.1) is 24.2 Å². The lowest BCUT2D eigenvalue weighted by atomic mass is 10.1. The first-order valence-corrected chi connectivity index (χ1v) is 11.4. The molecule has 2 aromatic heterocycles. The molecule has 1 amide bonds. The van der Waals surface area contributed by atoms with Crippen molar-refractivity contribution < 1.29 is 27.8 Å². The Morgan fingerprint density at radius 3 is 2.58 bits per heavy atom. The highest BCUT2D eigenvalue weighted by atomic mass is 32.2. The van der Waals surface area contributed by atoms with Gasteiger partial charge in [0.25, 0.3) is 5.88 Å². The molecule has 1 fully saturated rings. The second-order valence-electron chi connectivity index (χ2n) is 6.96. The van der Waals surface area contributed by atoms with E-state index in [0.29, 0.717) is 43.1 Å². The van der Waals surface area contributed by atoms with Crippen LogP contribution in [-0.4, -0.2) is 71.5 Å². The van der Waals surface area contributed by atoms with Gasteiger partial charge in [-0.1, -0.05) is 6.92 Å². The minimum atomic E-state index is -3.40. The van der Waals surface area contributed by atoms with Crippen LogP contribution in [0, 0.1) is 6.92 Å². The van der Waals surface area contributed by atoms with Crippen molar-refractivity contribution in [3.63, 3.8) is 0 Å². The fourth-order valence-corrected chi connectivity index (χ4v) is 4.00. The number of piperidine rings is 1. The molecule has 0 radical (unpaired) electrons. The summed E-state index contributed by atoms with van der Waals surface area (Å²) in [6.07, 6.45) is 1.27. The lowest BCUT2D eigenvalue weighted by Gasteiger charge is -2.30. The van der Waals surface area contributed by atoms with Gasteiger partial charge in [0, 0.05) is 25.9 Å². The second kappa shape index (κ2) is 9.33. The summed E-state index contributed by atoms with van der Waals surface area (Å²) in [6.45, 7) is 4.03. The number of nitrogens with one attached hydrogen (secondary N) is 1. The van der Waals surface area contributed by atoms with Crippen molar-refractivity contribution in [2.45, 2.75) is 37.8 Å². The number of ether oxygens (including phenoxy) is 2. The molecular weight excluding hydrogens is 426 g/mol. The first-order chi connectivity index (χ1) is 14.7. The summed E-state index contributed by atoms with van der Waals surface area (Å²) in [4.78, 5) is 25.0. The lowest BCUT2D eigenvalue weighted by Crippen LogP contribution is -2.41. The standard InChI is InChI=1S/C19H25N5O6S/c1-4-31(27,28)15-6-5-14(12(2)22-15)23-17-16(29-3)18(21-11-20-17)30-13-7-9-24(10-8-13)19(25)26/h5-6,11,13H,4,7-10H2,1-3H3,(H,25,26)(H,20,21,23). The van der Waals surface area contributed by atoms with Gasteiger partial charge in [0.2, 0.25) is 5.75 Å². The van der Waals surface area contributed by atoms with E-state index in [4.69, 9.17) is 14.6 Å². The summed E-state index contributed by atoms with van der Waals surface area (Å²) < 4.78 is 35.5. The zero-order valence-electron chi connectivity index (χ0n) is 17.5. The normalized spacial score (nSPS) is 14.9. The van der Waals surface area contributed by atoms with Crippen LogP contribution in [0.2, 0.25) is 0 Å². The third kappa shape index (κ3) is 5.13. The van der Waals surface area contributed by atoms with E-state index >= 15 is 0 Å². The van der Waals surface area contributed by atoms with Gasteiger partial charge in [-0.25, -0.2) is 23.2 Å². The van der Waals surface area contributed by atoms with Gasteiger partial charge >= 0.3 is 6.09 Å². The summed E-state index contributed by atoms with van der Waals surface area (Å²) in [6, 6.07) is 3.06.